The normalized spacial score (nSPS) is 11.6. The average Bonchev–Trinajstić information content (AvgIpc) is 1.87. The highest BCUT2D eigenvalue weighted by Gasteiger charge is 1.83. The van der Waals surface area contributed by atoms with Crippen molar-refractivity contribution in [3.63, 3.8) is 0 Å². The Bertz CT molecular complexity index is 84.7. The van der Waals surface area contributed by atoms with Gasteiger partial charge in [-0.2, -0.15) is 0 Å². The first-order valence-electron chi connectivity index (χ1n) is 4.08. The van der Waals surface area contributed by atoms with Crippen LogP contribution >= 0.6 is 0 Å². The van der Waals surface area contributed by atoms with Crippen molar-refractivity contribution in [2.45, 2.75) is 26.7 Å². The van der Waals surface area contributed by atoms with Crippen molar-refractivity contribution in [2.75, 3.05) is 13.6 Å². The quantitative estimate of drug-likeness (QED) is 0.457. The molecule has 1 nitrogen and oxygen atoms in total. The van der Waals surface area contributed by atoms with Crippen LogP contribution in [0.5, 0.6) is 0 Å². The molecule has 60 valence electrons. The molecule has 0 aromatic rings. The van der Waals surface area contributed by atoms with Crippen molar-refractivity contribution in [2.24, 2.45) is 5.92 Å². The van der Waals surface area contributed by atoms with E-state index in [2.05, 4.69) is 31.3 Å². The molecule has 0 spiro atoms. The number of rotatable bonds is 5. The van der Waals surface area contributed by atoms with E-state index < -0.39 is 0 Å². The van der Waals surface area contributed by atoms with Gasteiger partial charge in [-0.3, -0.25) is 0 Å². The highest BCUT2D eigenvalue weighted by molar-refractivity contribution is 4.84. The third kappa shape index (κ3) is 7.70. The molecule has 0 aromatic heterocycles. The van der Waals surface area contributed by atoms with Crippen LogP contribution in [0.4, 0.5) is 0 Å². The van der Waals surface area contributed by atoms with Gasteiger partial charge in [-0.1, -0.05) is 26.0 Å². The Morgan fingerprint density at radius 1 is 1.40 bits per heavy atom. The summed E-state index contributed by atoms with van der Waals surface area (Å²) in [4.78, 5) is 0. The number of nitrogens with one attached hydrogen (secondary N) is 1. The van der Waals surface area contributed by atoms with Crippen molar-refractivity contribution in [3.8, 4) is 0 Å². The Labute approximate surface area is 64.5 Å². The molecule has 0 rings (SSSR count). The van der Waals surface area contributed by atoms with Gasteiger partial charge in [0.2, 0.25) is 0 Å². The molecule has 0 atom stereocenters. The molecule has 0 bridgehead atoms. The van der Waals surface area contributed by atoms with E-state index in [4.69, 9.17) is 0 Å². The standard InChI is InChI=1S/C9H19N/c1-9(2)7-5-4-6-8-10-3/h5,7,9-10H,4,6,8H2,1-3H3/b7-5+. The van der Waals surface area contributed by atoms with Crippen LogP contribution in [0.25, 0.3) is 0 Å². The third-order valence-corrected chi connectivity index (χ3v) is 1.32. The minimum absolute atomic E-state index is 0.703. The van der Waals surface area contributed by atoms with Gasteiger partial charge in [-0.05, 0) is 32.4 Å². The largest absolute Gasteiger partial charge is 0.320 e. The molecule has 10 heavy (non-hydrogen) atoms. The Morgan fingerprint density at radius 2 is 2.10 bits per heavy atom. The molecular weight excluding hydrogens is 122 g/mol. The topological polar surface area (TPSA) is 12.0 Å². The summed E-state index contributed by atoms with van der Waals surface area (Å²) in [5, 5.41) is 3.12. The van der Waals surface area contributed by atoms with Crippen LogP contribution < -0.4 is 5.32 Å². The summed E-state index contributed by atoms with van der Waals surface area (Å²) >= 11 is 0. The van der Waals surface area contributed by atoms with Gasteiger partial charge in [0, 0.05) is 0 Å². The SMILES string of the molecule is CNCCC/C=C/C(C)C. The molecule has 0 aliphatic rings. The summed E-state index contributed by atoms with van der Waals surface area (Å²) in [6.45, 7) is 5.53. The van der Waals surface area contributed by atoms with Gasteiger partial charge >= 0.3 is 0 Å². The van der Waals surface area contributed by atoms with Crippen LogP contribution in [-0.4, -0.2) is 13.6 Å². The van der Waals surface area contributed by atoms with Crippen molar-refractivity contribution in [3.05, 3.63) is 12.2 Å². The fourth-order valence-electron chi connectivity index (χ4n) is 0.765. The monoisotopic (exact) mass is 141 g/mol. The van der Waals surface area contributed by atoms with E-state index in [1.54, 1.807) is 0 Å². The first-order chi connectivity index (χ1) is 4.77. The van der Waals surface area contributed by atoms with Crippen LogP contribution in [-0.2, 0) is 0 Å². The first-order valence-corrected chi connectivity index (χ1v) is 4.08. The number of hydrogen-bond donors (Lipinski definition) is 1. The highest BCUT2D eigenvalue weighted by Crippen LogP contribution is 1.96. The zero-order chi connectivity index (χ0) is 7.82. The van der Waals surface area contributed by atoms with E-state index in [1.807, 2.05) is 7.05 Å². The lowest BCUT2D eigenvalue weighted by atomic mass is 10.2. The predicted molar refractivity (Wildman–Crippen MR) is 47.1 cm³/mol. The van der Waals surface area contributed by atoms with Crippen molar-refractivity contribution < 1.29 is 0 Å². The molecule has 0 saturated carbocycles. The van der Waals surface area contributed by atoms with Crippen molar-refractivity contribution in [1.82, 2.24) is 5.32 Å². The molecule has 0 aliphatic carbocycles. The molecule has 1 N–H and O–H groups in total. The Kier molecular flexibility index (Phi) is 6.61. The summed E-state index contributed by atoms with van der Waals surface area (Å²) < 4.78 is 0. The summed E-state index contributed by atoms with van der Waals surface area (Å²) in [6, 6.07) is 0. The Hall–Kier alpha value is -0.300. The van der Waals surface area contributed by atoms with Crippen LogP contribution in [0, 0.1) is 5.92 Å². The van der Waals surface area contributed by atoms with E-state index >= 15 is 0 Å². The Morgan fingerprint density at radius 3 is 2.60 bits per heavy atom. The fraction of sp³-hybridized carbons (Fsp3) is 0.778. The number of hydrogen-bond acceptors (Lipinski definition) is 1. The predicted octanol–water partition coefficient (Wildman–Crippen LogP) is 2.20. The molecule has 0 aromatic carbocycles. The van der Waals surface area contributed by atoms with Gasteiger partial charge in [0.1, 0.15) is 0 Å². The second-order valence-corrected chi connectivity index (χ2v) is 2.92. The molecule has 0 fully saturated rings. The van der Waals surface area contributed by atoms with Crippen LogP contribution in [0.3, 0.4) is 0 Å². The number of allylic oxidation sites excluding steroid dienone is 2. The van der Waals surface area contributed by atoms with Gasteiger partial charge in [0.25, 0.3) is 0 Å². The van der Waals surface area contributed by atoms with E-state index in [1.165, 1.54) is 12.8 Å². The van der Waals surface area contributed by atoms with Gasteiger partial charge in [-0.25, -0.2) is 0 Å². The van der Waals surface area contributed by atoms with Gasteiger partial charge in [0.15, 0.2) is 0 Å². The van der Waals surface area contributed by atoms with Gasteiger partial charge in [-0.15, -0.1) is 0 Å². The molecule has 0 radical (unpaired) electrons. The van der Waals surface area contributed by atoms with E-state index in [0.29, 0.717) is 5.92 Å². The van der Waals surface area contributed by atoms with Crippen LogP contribution in [0.15, 0.2) is 12.2 Å². The maximum Gasteiger partial charge on any atom is -0.00490 e. The smallest absolute Gasteiger partial charge is 0.00490 e. The summed E-state index contributed by atoms with van der Waals surface area (Å²) in [6.07, 6.45) is 6.98. The fourth-order valence-corrected chi connectivity index (χ4v) is 0.765. The maximum atomic E-state index is 3.12. The molecule has 0 unspecified atom stereocenters. The highest BCUT2D eigenvalue weighted by atomic mass is 14.8. The average molecular weight is 141 g/mol. The second kappa shape index (κ2) is 6.81. The lowest BCUT2D eigenvalue weighted by Gasteiger charge is -1.95. The first kappa shape index (κ1) is 9.70. The van der Waals surface area contributed by atoms with Gasteiger partial charge in [0.05, 0.1) is 0 Å². The molecule has 0 heterocycles. The van der Waals surface area contributed by atoms with Crippen molar-refractivity contribution >= 4 is 0 Å². The molecule has 0 saturated heterocycles. The molecular formula is C9H19N. The minimum atomic E-state index is 0.703. The zero-order valence-corrected chi connectivity index (χ0v) is 7.35. The minimum Gasteiger partial charge on any atom is -0.320 e. The zero-order valence-electron chi connectivity index (χ0n) is 7.35. The third-order valence-electron chi connectivity index (χ3n) is 1.32. The van der Waals surface area contributed by atoms with Gasteiger partial charge < -0.3 is 5.32 Å². The van der Waals surface area contributed by atoms with Crippen LogP contribution in [0.2, 0.25) is 0 Å². The second-order valence-electron chi connectivity index (χ2n) is 2.92. The molecule has 0 aliphatic heterocycles. The van der Waals surface area contributed by atoms with E-state index in [9.17, 15) is 0 Å². The van der Waals surface area contributed by atoms with E-state index in [-0.39, 0.29) is 0 Å². The molecule has 1 heteroatoms. The van der Waals surface area contributed by atoms with Crippen molar-refractivity contribution in [1.29, 1.82) is 0 Å². The lowest BCUT2D eigenvalue weighted by molar-refractivity contribution is 0.729. The summed E-state index contributed by atoms with van der Waals surface area (Å²) in [7, 11) is 1.99. The van der Waals surface area contributed by atoms with E-state index in [0.717, 1.165) is 6.54 Å². The summed E-state index contributed by atoms with van der Waals surface area (Å²) in [5.74, 6) is 0.703. The molecule has 0 amide bonds. The Balaban J connectivity index is 3.02. The summed E-state index contributed by atoms with van der Waals surface area (Å²) in [5.41, 5.74) is 0. The number of unbranched alkanes of at least 4 members (excludes halogenated alkanes) is 1. The maximum absolute atomic E-state index is 3.12. The van der Waals surface area contributed by atoms with Crippen LogP contribution in [0.1, 0.15) is 26.7 Å². The lowest BCUT2D eigenvalue weighted by Crippen LogP contribution is -2.06.